The van der Waals surface area contributed by atoms with E-state index in [2.05, 4.69) is 0 Å². The molecule has 10 heteroatoms. The van der Waals surface area contributed by atoms with Crippen LogP contribution in [-0.4, -0.2) is 57.2 Å². The molecule has 0 saturated carbocycles. The van der Waals surface area contributed by atoms with Crippen molar-refractivity contribution in [1.82, 2.24) is 18.9 Å². The Bertz CT molecular complexity index is 1350. The third-order valence-corrected chi connectivity index (χ3v) is 7.56. The number of aromatic nitrogens is 2. The fourth-order valence-corrected chi connectivity index (χ4v) is 5.83. The van der Waals surface area contributed by atoms with Gasteiger partial charge in [0.15, 0.2) is 0 Å². The van der Waals surface area contributed by atoms with E-state index in [9.17, 15) is 19.2 Å². The summed E-state index contributed by atoms with van der Waals surface area (Å²) in [6.45, 7) is 7.60. The zero-order valence-corrected chi connectivity index (χ0v) is 21.1. The van der Waals surface area contributed by atoms with Crippen LogP contribution in [0.25, 0.3) is 10.2 Å². The Morgan fingerprint density at radius 3 is 2.43 bits per heavy atom. The number of carbonyl (C=O) groups is 2. The highest BCUT2D eigenvalue weighted by Gasteiger charge is 2.29. The van der Waals surface area contributed by atoms with E-state index >= 15 is 0 Å². The molecular weight excluding hydrogens is 468 g/mol. The second-order valence-corrected chi connectivity index (χ2v) is 9.45. The smallest absolute Gasteiger partial charge is 0.410 e. The molecule has 0 unspecified atom stereocenters. The summed E-state index contributed by atoms with van der Waals surface area (Å²) >= 11 is 1.31. The number of benzene rings is 1. The average molecular weight is 499 g/mol. The zero-order chi connectivity index (χ0) is 25.1. The molecular formula is C25H30N4O5S. The Morgan fingerprint density at radius 2 is 1.77 bits per heavy atom. The van der Waals surface area contributed by atoms with Gasteiger partial charge < -0.3 is 14.5 Å². The summed E-state index contributed by atoms with van der Waals surface area (Å²) in [5.41, 5.74) is 0.807. The molecule has 1 aliphatic rings. The minimum Gasteiger partial charge on any atom is -0.450 e. The van der Waals surface area contributed by atoms with Crippen LogP contribution in [0, 0.1) is 0 Å². The molecule has 2 aromatic heterocycles. The van der Waals surface area contributed by atoms with Gasteiger partial charge in [0, 0.05) is 24.5 Å². The lowest BCUT2D eigenvalue weighted by Gasteiger charge is -2.25. The predicted molar refractivity (Wildman–Crippen MR) is 135 cm³/mol. The fraction of sp³-hybridized carbons (Fsp3) is 0.440. The lowest BCUT2D eigenvalue weighted by atomic mass is 10.1. The van der Waals surface area contributed by atoms with Gasteiger partial charge in [-0.05, 0) is 38.3 Å². The number of ether oxygens (including phenoxy) is 1. The zero-order valence-electron chi connectivity index (χ0n) is 20.3. The third-order valence-electron chi connectivity index (χ3n) is 6.32. The van der Waals surface area contributed by atoms with Crippen LogP contribution in [0.3, 0.4) is 0 Å². The molecule has 3 heterocycles. The van der Waals surface area contributed by atoms with Gasteiger partial charge in [-0.25, -0.2) is 9.59 Å². The maximum absolute atomic E-state index is 13.6. The SMILES string of the molecule is CCOC(=O)N1CCc2c(sc3c2c(=O)n(Cc2ccccc2)c(=O)n3CC(=O)N(CC)CC)C1. The Morgan fingerprint density at radius 1 is 1.06 bits per heavy atom. The van der Waals surface area contributed by atoms with Gasteiger partial charge in [-0.1, -0.05) is 30.3 Å². The van der Waals surface area contributed by atoms with Crippen LogP contribution in [0.15, 0.2) is 39.9 Å². The second kappa shape index (κ2) is 10.5. The van der Waals surface area contributed by atoms with E-state index in [1.165, 1.54) is 20.5 Å². The van der Waals surface area contributed by atoms with Crippen LogP contribution in [0.5, 0.6) is 0 Å². The summed E-state index contributed by atoms with van der Waals surface area (Å²) < 4.78 is 7.80. The normalized spacial score (nSPS) is 13.1. The first-order valence-electron chi connectivity index (χ1n) is 11.9. The van der Waals surface area contributed by atoms with Gasteiger partial charge in [0.05, 0.1) is 25.1 Å². The summed E-state index contributed by atoms with van der Waals surface area (Å²) in [7, 11) is 0. The van der Waals surface area contributed by atoms with Crippen molar-refractivity contribution < 1.29 is 14.3 Å². The lowest BCUT2D eigenvalue weighted by Crippen LogP contribution is -2.43. The largest absolute Gasteiger partial charge is 0.450 e. The summed E-state index contributed by atoms with van der Waals surface area (Å²) in [5, 5.41) is 0.469. The quantitative estimate of drug-likeness (QED) is 0.499. The Balaban J connectivity index is 1.87. The molecule has 0 radical (unpaired) electrons. The number of likely N-dealkylation sites (N-methyl/N-ethyl adjacent to an activating group) is 1. The van der Waals surface area contributed by atoms with E-state index in [1.807, 2.05) is 44.2 Å². The van der Waals surface area contributed by atoms with Gasteiger partial charge in [-0.3, -0.25) is 18.7 Å². The number of carbonyl (C=O) groups excluding carboxylic acids is 2. The highest BCUT2D eigenvalue weighted by molar-refractivity contribution is 7.18. The predicted octanol–water partition coefficient (Wildman–Crippen LogP) is 2.66. The van der Waals surface area contributed by atoms with Gasteiger partial charge >= 0.3 is 11.8 Å². The summed E-state index contributed by atoms with van der Waals surface area (Å²) in [6, 6.07) is 9.32. The van der Waals surface area contributed by atoms with Crippen molar-refractivity contribution >= 4 is 33.6 Å². The molecule has 0 atom stereocenters. The lowest BCUT2D eigenvalue weighted by molar-refractivity contribution is -0.131. The topological polar surface area (TPSA) is 93.8 Å². The minimum absolute atomic E-state index is 0.119. The van der Waals surface area contributed by atoms with Crippen molar-refractivity contribution in [2.24, 2.45) is 0 Å². The standard InChI is InChI=1S/C25H30N4O5S/c1-4-26(5-2)20(30)16-29-23-21(18-12-13-27(15-19(18)35-23)25(33)34-6-3)22(31)28(24(29)32)14-17-10-8-7-9-11-17/h7-11H,4-6,12-16H2,1-3H3. The monoisotopic (exact) mass is 498 g/mol. The third kappa shape index (κ3) is 4.75. The van der Waals surface area contributed by atoms with Gasteiger partial charge in [0.1, 0.15) is 11.4 Å². The molecule has 0 fully saturated rings. The number of nitrogens with zero attached hydrogens (tertiary/aromatic N) is 4. The second-order valence-electron chi connectivity index (χ2n) is 8.37. The van der Waals surface area contributed by atoms with Crippen LogP contribution in [0.4, 0.5) is 4.79 Å². The molecule has 0 saturated heterocycles. The first-order chi connectivity index (χ1) is 16.9. The first-order valence-corrected chi connectivity index (χ1v) is 12.7. The molecule has 4 rings (SSSR count). The maximum Gasteiger partial charge on any atom is 0.410 e. The molecule has 3 aromatic rings. The van der Waals surface area contributed by atoms with E-state index in [1.54, 1.807) is 16.7 Å². The van der Waals surface area contributed by atoms with Crippen LogP contribution in [-0.2, 0) is 35.6 Å². The number of amides is 2. The molecule has 0 aliphatic carbocycles. The van der Waals surface area contributed by atoms with Crippen molar-refractivity contribution in [1.29, 1.82) is 0 Å². The molecule has 0 bridgehead atoms. The Hall–Kier alpha value is -3.40. The number of rotatable bonds is 7. The van der Waals surface area contributed by atoms with Crippen LogP contribution >= 0.6 is 11.3 Å². The molecule has 0 spiro atoms. The number of hydrogen-bond donors (Lipinski definition) is 0. The van der Waals surface area contributed by atoms with Gasteiger partial charge in [-0.15, -0.1) is 11.3 Å². The van der Waals surface area contributed by atoms with Crippen LogP contribution in [0.1, 0.15) is 36.8 Å². The Kier molecular flexibility index (Phi) is 7.39. The van der Waals surface area contributed by atoms with Crippen LogP contribution < -0.4 is 11.2 Å². The maximum atomic E-state index is 13.6. The van der Waals surface area contributed by atoms with Gasteiger partial charge in [0.2, 0.25) is 5.91 Å². The molecule has 186 valence electrons. The van der Waals surface area contributed by atoms with Crippen molar-refractivity contribution in [3.8, 4) is 0 Å². The van der Waals surface area contributed by atoms with Crippen molar-refractivity contribution in [2.45, 2.75) is 46.8 Å². The molecule has 35 heavy (non-hydrogen) atoms. The van der Waals surface area contributed by atoms with Gasteiger partial charge in [0.25, 0.3) is 5.56 Å². The number of thiophene rings is 1. The molecule has 9 nitrogen and oxygen atoms in total. The summed E-state index contributed by atoms with van der Waals surface area (Å²) in [4.78, 5) is 57.1. The number of hydrogen-bond acceptors (Lipinski definition) is 6. The minimum atomic E-state index is -0.507. The molecule has 1 aliphatic heterocycles. The van der Waals surface area contributed by atoms with Crippen molar-refractivity contribution in [2.75, 3.05) is 26.2 Å². The molecule has 2 amide bonds. The fourth-order valence-electron chi connectivity index (χ4n) is 4.48. The summed E-state index contributed by atoms with van der Waals surface area (Å²) in [6.07, 6.45) is 0.0860. The van der Waals surface area contributed by atoms with E-state index < -0.39 is 11.8 Å². The van der Waals surface area contributed by atoms with Crippen molar-refractivity contribution in [3.05, 3.63) is 67.2 Å². The van der Waals surface area contributed by atoms with E-state index in [0.717, 1.165) is 16.0 Å². The van der Waals surface area contributed by atoms with E-state index in [-0.39, 0.29) is 31.2 Å². The average Bonchev–Trinajstić information content (AvgIpc) is 3.25. The first kappa shape index (κ1) is 24.7. The summed E-state index contributed by atoms with van der Waals surface area (Å²) in [5.74, 6) is -0.178. The Labute approximate surface area is 207 Å². The highest BCUT2D eigenvalue weighted by atomic mass is 32.1. The highest BCUT2D eigenvalue weighted by Crippen LogP contribution is 2.33. The van der Waals surface area contributed by atoms with E-state index in [4.69, 9.17) is 4.74 Å². The van der Waals surface area contributed by atoms with E-state index in [0.29, 0.717) is 42.8 Å². The molecule has 0 N–H and O–H groups in total. The number of fused-ring (bicyclic) bond motifs is 3. The van der Waals surface area contributed by atoms with Gasteiger partial charge in [-0.2, -0.15) is 0 Å². The molecule has 1 aromatic carbocycles. The van der Waals surface area contributed by atoms with Crippen molar-refractivity contribution in [3.63, 3.8) is 0 Å². The van der Waals surface area contributed by atoms with Crippen LogP contribution in [0.2, 0.25) is 0 Å².